The van der Waals surface area contributed by atoms with Crippen LogP contribution < -0.4 is 10.6 Å². The molecule has 0 spiro atoms. The number of hydrogen-bond acceptors (Lipinski definition) is 16. The van der Waals surface area contributed by atoms with Crippen molar-refractivity contribution >= 4 is 59.1 Å². The summed E-state index contributed by atoms with van der Waals surface area (Å²) >= 11 is 0. The molecule has 0 aliphatic carbocycles. The van der Waals surface area contributed by atoms with E-state index < -0.39 is 46.5 Å². The normalized spacial score (nSPS) is 10.9. The van der Waals surface area contributed by atoms with E-state index in [0.29, 0.717) is 77.5 Å². The van der Waals surface area contributed by atoms with Gasteiger partial charge in [-0.1, -0.05) is 139 Å². The monoisotopic (exact) mass is 1030 g/mol. The smallest absolute Gasteiger partial charge is 0.319 e. The molecular weight excluding hydrogens is 961 g/mol. The molecule has 0 fully saturated rings. The van der Waals surface area contributed by atoms with Crippen LogP contribution in [0.3, 0.4) is 0 Å². The number of nitrogens with zero attached hydrogens (tertiary/aromatic N) is 2. The predicted octanol–water partition coefficient (Wildman–Crippen LogP) is 7.56. The zero-order valence-corrected chi connectivity index (χ0v) is 43.3. The first-order valence-corrected chi connectivity index (χ1v) is 23.5. The molecule has 3 atom stereocenters. The molecule has 20 nitrogen and oxygen atoms in total. The molecule has 3 unspecified atom stereocenters. The largest absolute Gasteiger partial charge is 0.388 e. The van der Waals surface area contributed by atoms with Crippen molar-refractivity contribution in [2.24, 2.45) is 0 Å². The molecular formula is C54H68N4O16. The quantitative estimate of drug-likeness (QED) is 0.0271. The third kappa shape index (κ3) is 27.5. The van der Waals surface area contributed by atoms with Crippen molar-refractivity contribution in [1.29, 1.82) is 0 Å². The summed E-state index contributed by atoms with van der Waals surface area (Å²) in [5, 5.41) is 44.4. The minimum absolute atomic E-state index is 0.0335. The first-order chi connectivity index (χ1) is 35.0. The topological polar surface area (TPSA) is 321 Å². The van der Waals surface area contributed by atoms with Crippen molar-refractivity contribution in [3.05, 3.63) is 162 Å². The summed E-state index contributed by atoms with van der Waals surface area (Å²) in [6.07, 6.45) is 2.24. The molecule has 4 aromatic carbocycles. The van der Waals surface area contributed by atoms with Gasteiger partial charge in [-0.05, 0) is 18.1 Å². The Balaban J connectivity index is 0. The lowest BCUT2D eigenvalue weighted by Crippen LogP contribution is -2.42. The second-order valence-corrected chi connectivity index (χ2v) is 15.5. The average Bonchev–Trinajstić information content (AvgIpc) is 3.42. The van der Waals surface area contributed by atoms with Crippen molar-refractivity contribution in [3.8, 4) is 0 Å². The highest BCUT2D eigenvalue weighted by atomic mass is 16.6. The number of likely N-dealkylation sites (N-methyl/N-ethyl adjacent to an activating group) is 2. The van der Waals surface area contributed by atoms with Gasteiger partial charge in [0.05, 0.1) is 6.10 Å². The van der Waals surface area contributed by atoms with E-state index in [1.165, 1.54) is 38.4 Å². The van der Waals surface area contributed by atoms with Gasteiger partial charge in [0.2, 0.25) is 0 Å². The van der Waals surface area contributed by atoms with E-state index in [1.54, 1.807) is 93.6 Å². The second-order valence-electron chi connectivity index (χ2n) is 15.5. The summed E-state index contributed by atoms with van der Waals surface area (Å²) < 4.78 is 0. The van der Waals surface area contributed by atoms with Crippen LogP contribution in [0.25, 0.3) is 0 Å². The van der Waals surface area contributed by atoms with Crippen molar-refractivity contribution in [3.63, 3.8) is 0 Å². The van der Waals surface area contributed by atoms with E-state index in [2.05, 4.69) is 10.6 Å². The van der Waals surface area contributed by atoms with Crippen molar-refractivity contribution in [1.82, 2.24) is 10.6 Å². The van der Waals surface area contributed by atoms with Gasteiger partial charge in [0.15, 0.2) is 29.2 Å². The van der Waals surface area contributed by atoms with Crippen molar-refractivity contribution in [2.75, 3.05) is 20.6 Å². The van der Waals surface area contributed by atoms with Crippen LogP contribution in [-0.2, 0) is 19.2 Å². The van der Waals surface area contributed by atoms with E-state index in [4.69, 9.17) is 0 Å². The Morgan fingerprint density at radius 2 is 0.851 bits per heavy atom. The van der Waals surface area contributed by atoms with E-state index in [0.717, 1.165) is 12.6 Å². The molecule has 0 aliphatic rings. The van der Waals surface area contributed by atoms with Gasteiger partial charge in [-0.2, -0.15) is 0 Å². The van der Waals surface area contributed by atoms with Crippen LogP contribution in [0.2, 0.25) is 0 Å². The Morgan fingerprint density at radius 3 is 1.08 bits per heavy atom. The number of rotatable bonds is 21. The number of aliphatic hydroxyl groups is 2. The van der Waals surface area contributed by atoms with Crippen molar-refractivity contribution < 1.29 is 68.0 Å². The average molecular weight is 1030 g/mol. The van der Waals surface area contributed by atoms with Crippen LogP contribution in [-0.4, -0.2) is 106 Å². The number of Topliss-reactive ketones (excluding diaryl/α,β-unsaturated/α-hetero) is 6. The maximum atomic E-state index is 11.5. The molecule has 0 radical (unpaired) electrons. The number of aliphatic hydroxyl groups excluding tert-OH is 2. The SMILES string of the molecule is CCC(=O)CC(O)c1ccc(C(=O)CC)cc1.CCC(=O)c1ccc(C(O)C(C(=O)NC)[N+](=O)[O-])cc1.CCC(=O)c1ccc(C=O)cc1.CCC(=O)c1ccc(C=O)cc1.CCC(C)=O.CNC(=O)C[N+](=O)[O-]. The zero-order chi connectivity index (χ0) is 56.9. The Kier molecular flexibility index (Phi) is 35.4. The zero-order valence-electron chi connectivity index (χ0n) is 43.3. The van der Waals surface area contributed by atoms with Crippen molar-refractivity contribution in [2.45, 2.75) is 112 Å². The van der Waals surface area contributed by atoms with Gasteiger partial charge in [0.1, 0.15) is 24.1 Å². The highest BCUT2D eigenvalue weighted by molar-refractivity contribution is 5.98. The highest BCUT2D eigenvalue weighted by Gasteiger charge is 2.38. The number of aldehydes is 2. The van der Waals surface area contributed by atoms with Gasteiger partial charge in [0.25, 0.3) is 18.4 Å². The first kappa shape index (κ1) is 68.0. The minimum Gasteiger partial charge on any atom is -0.388 e. The molecule has 400 valence electrons. The number of carbonyl (C=O) groups is 10. The number of hydrogen-bond donors (Lipinski definition) is 4. The van der Waals surface area contributed by atoms with Gasteiger partial charge < -0.3 is 25.6 Å². The summed E-state index contributed by atoms with van der Waals surface area (Å²) in [6, 6.07) is 24.1. The Morgan fingerprint density at radius 1 is 0.527 bits per heavy atom. The number of nitro groups is 2. The molecule has 4 rings (SSSR count). The summed E-state index contributed by atoms with van der Waals surface area (Å²) in [4.78, 5) is 127. The number of benzene rings is 4. The fourth-order valence-electron chi connectivity index (χ4n) is 5.43. The van der Waals surface area contributed by atoms with Crippen LogP contribution in [0.4, 0.5) is 0 Å². The van der Waals surface area contributed by atoms with Crippen LogP contribution in [0, 0.1) is 20.2 Å². The van der Waals surface area contributed by atoms with Crippen LogP contribution in [0.15, 0.2) is 97.1 Å². The predicted molar refractivity (Wildman–Crippen MR) is 277 cm³/mol. The summed E-state index contributed by atoms with van der Waals surface area (Å²) in [5.41, 5.74) is 4.53. The lowest BCUT2D eigenvalue weighted by atomic mass is 9.99. The molecule has 4 aromatic rings. The number of amides is 2. The molecule has 4 N–H and O–H groups in total. The lowest BCUT2D eigenvalue weighted by molar-refractivity contribution is -0.520. The van der Waals surface area contributed by atoms with E-state index in [-0.39, 0.29) is 46.7 Å². The molecule has 0 aromatic heterocycles. The minimum atomic E-state index is -1.78. The molecule has 20 heteroatoms. The third-order valence-corrected chi connectivity index (χ3v) is 10.1. The molecule has 2 amide bonds. The fourth-order valence-corrected chi connectivity index (χ4v) is 5.43. The summed E-state index contributed by atoms with van der Waals surface area (Å²) in [7, 11) is 2.61. The molecule has 0 bridgehead atoms. The molecule has 0 heterocycles. The standard InChI is InChI=1S/C14H18O3.C13H16N2O5.2C10H10O2.C4H8O.C3H6N2O3/c1-3-12(15)9-14(17)11-7-5-10(6-8-11)13(16)4-2;1-3-10(16)8-4-6-9(7-5-8)12(17)11(15(19)20)13(18)14-2;2*1-2-10(12)9-5-3-8(7-11)4-6-9;1-3-4(2)5;1-4-3(6)2-5(7)8/h5-8,14,17H,3-4,9H2,1-2H3;4-7,11-12,17H,3H2,1-2H3,(H,14,18);2*3-7H,2H2,1H3;3H2,1-2H3;2H2,1H3,(H,4,6). The van der Waals surface area contributed by atoms with Crippen LogP contribution >= 0.6 is 0 Å². The molecule has 74 heavy (non-hydrogen) atoms. The van der Waals surface area contributed by atoms with Crippen LogP contribution in [0.1, 0.15) is 179 Å². The third-order valence-electron chi connectivity index (χ3n) is 10.1. The fraction of sp³-hybridized carbons (Fsp3) is 0.370. The number of ketones is 6. The second kappa shape index (κ2) is 38.6. The van der Waals surface area contributed by atoms with Crippen LogP contribution in [0.5, 0.6) is 0 Å². The van der Waals surface area contributed by atoms with Gasteiger partial charge in [0, 0.05) is 102 Å². The maximum Gasteiger partial charge on any atom is 0.319 e. The van der Waals surface area contributed by atoms with Gasteiger partial charge in [-0.15, -0.1) is 0 Å². The van der Waals surface area contributed by atoms with E-state index >= 15 is 0 Å². The van der Waals surface area contributed by atoms with Gasteiger partial charge in [-0.3, -0.25) is 63.4 Å². The molecule has 0 aliphatic heterocycles. The Hall–Kier alpha value is -8.10. The maximum absolute atomic E-state index is 11.5. The molecule has 0 saturated carbocycles. The Bertz CT molecular complexity index is 2390. The number of carbonyl (C=O) groups excluding carboxylic acids is 10. The highest BCUT2D eigenvalue weighted by Crippen LogP contribution is 2.21. The molecule has 0 saturated heterocycles. The summed E-state index contributed by atoms with van der Waals surface area (Å²) in [5.74, 6) is -0.943. The number of nitrogens with one attached hydrogen (secondary N) is 2. The van der Waals surface area contributed by atoms with Gasteiger partial charge in [-0.25, -0.2) is 0 Å². The summed E-state index contributed by atoms with van der Waals surface area (Å²) in [6.45, 7) is 11.7. The van der Waals surface area contributed by atoms with Gasteiger partial charge >= 0.3 is 6.04 Å². The van der Waals surface area contributed by atoms with E-state index in [1.807, 2.05) is 27.7 Å². The Labute approximate surface area is 430 Å². The van der Waals surface area contributed by atoms with E-state index in [9.17, 15) is 78.4 Å². The first-order valence-electron chi connectivity index (χ1n) is 23.5. The lowest BCUT2D eigenvalue weighted by Gasteiger charge is -2.15.